The topological polar surface area (TPSA) is 89.8 Å². The lowest BCUT2D eigenvalue weighted by atomic mass is 10.2. The number of hydrogen-bond acceptors (Lipinski definition) is 6. The predicted molar refractivity (Wildman–Crippen MR) is 110 cm³/mol. The van der Waals surface area contributed by atoms with Crippen molar-refractivity contribution in [1.82, 2.24) is 18.9 Å². The first-order chi connectivity index (χ1) is 13.9. The van der Waals surface area contributed by atoms with Crippen molar-refractivity contribution in [3.63, 3.8) is 0 Å². The largest absolute Gasteiger partial charge is 0.324 e. The Morgan fingerprint density at radius 1 is 1.28 bits per heavy atom. The highest BCUT2D eigenvalue weighted by molar-refractivity contribution is 7.13. The molecule has 0 atom stereocenters. The number of nitrogens with one attached hydrogen (secondary N) is 1. The summed E-state index contributed by atoms with van der Waals surface area (Å²) in [4.78, 5) is 33.8. The number of aromatic nitrogens is 4. The molecule has 0 fully saturated rings. The highest BCUT2D eigenvalue weighted by atomic mass is 35.5. The van der Waals surface area contributed by atoms with E-state index in [1.54, 1.807) is 31.5 Å². The second-order valence-corrected chi connectivity index (χ2v) is 7.35. The highest BCUT2D eigenvalue weighted by Crippen LogP contribution is 2.27. The number of hydrogen-bond donors (Lipinski definition) is 1. The molecule has 4 rings (SSSR count). The third kappa shape index (κ3) is 3.74. The quantitative estimate of drug-likeness (QED) is 0.534. The molecule has 10 heteroatoms. The minimum atomic E-state index is -0.582. The van der Waals surface area contributed by atoms with Gasteiger partial charge in [-0.15, -0.1) is 0 Å². The van der Waals surface area contributed by atoms with Crippen LogP contribution in [0.25, 0.3) is 21.5 Å². The van der Waals surface area contributed by atoms with Crippen LogP contribution in [0.2, 0.25) is 5.02 Å². The van der Waals surface area contributed by atoms with E-state index in [9.17, 15) is 14.0 Å². The Morgan fingerprint density at radius 2 is 2.03 bits per heavy atom. The van der Waals surface area contributed by atoms with Crippen LogP contribution in [0.4, 0.5) is 10.1 Å². The van der Waals surface area contributed by atoms with Crippen molar-refractivity contribution in [3.8, 4) is 11.3 Å². The molecule has 0 bridgehead atoms. The minimum Gasteiger partial charge on any atom is -0.324 e. The van der Waals surface area contributed by atoms with Gasteiger partial charge in [0.25, 0.3) is 5.56 Å². The summed E-state index contributed by atoms with van der Waals surface area (Å²) < 4.78 is 19.3. The van der Waals surface area contributed by atoms with Gasteiger partial charge < -0.3 is 5.32 Å². The summed E-state index contributed by atoms with van der Waals surface area (Å²) in [7, 11) is 0. The van der Waals surface area contributed by atoms with E-state index in [1.165, 1.54) is 16.7 Å². The van der Waals surface area contributed by atoms with E-state index < -0.39 is 11.7 Å². The van der Waals surface area contributed by atoms with E-state index in [0.717, 1.165) is 23.2 Å². The molecular weight excluding hydrogens is 417 g/mol. The number of carbonyl (C=O) groups is 1. The monoisotopic (exact) mass is 429 g/mol. The molecule has 1 N–H and O–H groups in total. The van der Waals surface area contributed by atoms with Gasteiger partial charge in [-0.05, 0) is 48.8 Å². The number of fused-ring (bicyclic) bond motifs is 1. The second kappa shape index (κ2) is 7.69. The Hall–Kier alpha value is -3.17. The number of benzene rings is 1. The standard InChI is InChI=1S/C19H13ClFN5O2S/c1-10-23-17-16(11-4-6-22-7-5-11)25-29-18(17)19(28)26(10)9-15(27)24-12-2-3-14(21)13(20)8-12/h2-8H,9H2,1H3,(H,24,27). The Kier molecular flexibility index (Phi) is 5.08. The number of pyridine rings is 1. The van der Waals surface area contributed by atoms with Crippen LogP contribution >= 0.6 is 23.1 Å². The van der Waals surface area contributed by atoms with Crippen LogP contribution in [0.5, 0.6) is 0 Å². The Morgan fingerprint density at radius 3 is 2.76 bits per heavy atom. The molecule has 146 valence electrons. The fourth-order valence-electron chi connectivity index (χ4n) is 2.82. The summed E-state index contributed by atoms with van der Waals surface area (Å²) in [6, 6.07) is 7.42. The molecular formula is C19H13ClFN5O2S. The van der Waals surface area contributed by atoms with Gasteiger partial charge in [0.1, 0.15) is 34.1 Å². The van der Waals surface area contributed by atoms with Crippen LogP contribution in [0, 0.1) is 12.7 Å². The number of carbonyl (C=O) groups excluding carboxylic acids is 1. The molecule has 4 aromatic rings. The maximum Gasteiger partial charge on any atom is 0.273 e. The number of aryl methyl sites for hydroxylation is 1. The summed E-state index contributed by atoms with van der Waals surface area (Å²) in [6.45, 7) is 1.40. The molecule has 0 saturated heterocycles. The third-order valence-electron chi connectivity index (χ3n) is 4.23. The van der Waals surface area contributed by atoms with E-state index in [2.05, 4.69) is 19.7 Å². The molecule has 1 amide bonds. The predicted octanol–water partition coefficient (Wildman–Crippen LogP) is 3.65. The zero-order chi connectivity index (χ0) is 20.5. The van der Waals surface area contributed by atoms with Gasteiger partial charge in [-0.1, -0.05) is 11.6 Å². The van der Waals surface area contributed by atoms with Crippen molar-refractivity contribution in [1.29, 1.82) is 0 Å². The van der Waals surface area contributed by atoms with E-state index >= 15 is 0 Å². The van der Waals surface area contributed by atoms with Crippen molar-refractivity contribution in [2.75, 3.05) is 5.32 Å². The van der Waals surface area contributed by atoms with Crippen molar-refractivity contribution >= 4 is 44.9 Å². The molecule has 3 heterocycles. The van der Waals surface area contributed by atoms with Crippen molar-refractivity contribution in [2.24, 2.45) is 0 Å². The van der Waals surface area contributed by atoms with Crippen LogP contribution in [-0.2, 0) is 11.3 Å². The lowest BCUT2D eigenvalue weighted by Gasteiger charge is -2.10. The van der Waals surface area contributed by atoms with Gasteiger partial charge >= 0.3 is 0 Å². The van der Waals surface area contributed by atoms with Gasteiger partial charge in [0.15, 0.2) is 0 Å². The molecule has 0 aliphatic carbocycles. The van der Waals surface area contributed by atoms with Crippen molar-refractivity contribution < 1.29 is 9.18 Å². The minimum absolute atomic E-state index is 0.104. The van der Waals surface area contributed by atoms with Crippen LogP contribution in [0.15, 0.2) is 47.5 Å². The number of halogens is 2. The van der Waals surface area contributed by atoms with Crippen LogP contribution in [0.1, 0.15) is 5.82 Å². The number of amides is 1. The van der Waals surface area contributed by atoms with E-state index in [0.29, 0.717) is 27.4 Å². The summed E-state index contributed by atoms with van der Waals surface area (Å²) in [5, 5.41) is 2.49. The van der Waals surface area contributed by atoms with Gasteiger partial charge in [0.2, 0.25) is 5.91 Å². The first-order valence-electron chi connectivity index (χ1n) is 8.46. The van der Waals surface area contributed by atoms with E-state index in [-0.39, 0.29) is 17.1 Å². The normalized spacial score (nSPS) is 11.0. The van der Waals surface area contributed by atoms with Gasteiger partial charge in [-0.25, -0.2) is 9.37 Å². The zero-order valence-electron chi connectivity index (χ0n) is 15.0. The van der Waals surface area contributed by atoms with Crippen LogP contribution < -0.4 is 10.9 Å². The lowest BCUT2D eigenvalue weighted by molar-refractivity contribution is -0.116. The molecule has 7 nitrogen and oxygen atoms in total. The third-order valence-corrected chi connectivity index (χ3v) is 5.34. The molecule has 1 aromatic carbocycles. The van der Waals surface area contributed by atoms with Gasteiger partial charge in [0, 0.05) is 23.6 Å². The van der Waals surface area contributed by atoms with Crippen LogP contribution in [0.3, 0.4) is 0 Å². The van der Waals surface area contributed by atoms with E-state index in [4.69, 9.17) is 11.6 Å². The first kappa shape index (κ1) is 19.2. The fourth-order valence-corrected chi connectivity index (χ4v) is 3.80. The number of nitrogens with zero attached hydrogens (tertiary/aromatic N) is 4. The van der Waals surface area contributed by atoms with Gasteiger partial charge in [-0.3, -0.25) is 19.1 Å². The summed E-state index contributed by atoms with van der Waals surface area (Å²) >= 11 is 6.76. The lowest BCUT2D eigenvalue weighted by Crippen LogP contribution is -2.29. The molecule has 0 aliphatic rings. The Balaban J connectivity index is 1.65. The molecule has 0 aliphatic heterocycles. The van der Waals surface area contributed by atoms with Crippen molar-refractivity contribution in [3.05, 3.63) is 69.7 Å². The van der Waals surface area contributed by atoms with Gasteiger partial charge in [0.05, 0.1) is 5.02 Å². The zero-order valence-corrected chi connectivity index (χ0v) is 16.6. The summed E-state index contributed by atoms with van der Waals surface area (Å²) in [5.41, 5.74) is 1.88. The molecule has 0 unspecified atom stereocenters. The summed E-state index contributed by atoms with van der Waals surface area (Å²) in [5.74, 6) is -0.662. The van der Waals surface area contributed by atoms with Crippen LogP contribution in [-0.4, -0.2) is 24.8 Å². The maximum atomic E-state index is 13.3. The average molecular weight is 430 g/mol. The maximum absolute atomic E-state index is 13.3. The smallest absolute Gasteiger partial charge is 0.273 e. The average Bonchev–Trinajstić information content (AvgIpc) is 3.12. The summed E-state index contributed by atoms with van der Waals surface area (Å²) in [6.07, 6.45) is 3.28. The molecule has 0 saturated carbocycles. The van der Waals surface area contributed by atoms with Crippen molar-refractivity contribution in [2.45, 2.75) is 13.5 Å². The Labute approximate surface area is 173 Å². The highest BCUT2D eigenvalue weighted by Gasteiger charge is 2.18. The number of rotatable bonds is 4. The molecule has 3 aromatic heterocycles. The molecule has 29 heavy (non-hydrogen) atoms. The molecule has 0 radical (unpaired) electrons. The van der Waals surface area contributed by atoms with Gasteiger partial charge in [-0.2, -0.15) is 4.37 Å². The van der Waals surface area contributed by atoms with E-state index in [1.807, 2.05) is 0 Å². The first-order valence-corrected chi connectivity index (χ1v) is 9.61. The second-order valence-electron chi connectivity index (χ2n) is 6.17. The fraction of sp³-hybridized carbons (Fsp3) is 0.105. The molecule has 0 spiro atoms. The Bertz CT molecular complexity index is 1290. The number of anilines is 1. The SMILES string of the molecule is Cc1nc2c(-c3ccncc3)nsc2c(=O)n1CC(=O)Nc1ccc(F)c(Cl)c1.